The number of amides is 1. The number of hydrogen-bond donors (Lipinski definition) is 1. The molecular weight excluding hydrogens is 396 g/mol. The summed E-state index contributed by atoms with van der Waals surface area (Å²) >= 11 is 0. The maximum atomic E-state index is 12.5. The summed E-state index contributed by atoms with van der Waals surface area (Å²) in [5, 5.41) is 12.1. The summed E-state index contributed by atoms with van der Waals surface area (Å²) in [5.74, 6) is 0.376. The van der Waals surface area contributed by atoms with Crippen molar-refractivity contribution < 1.29 is 23.5 Å². The molecule has 0 saturated heterocycles. The molecule has 3 rings (SSSR count). The van der Waals surface area contributed by atoms with Crippen LogP contribution in [0.4, 0.5) is 5.69 Å². The number of hydrogen-bond acceptors (Lipinski definition) is 6. The van der Waals surface area contributed by atoms with Gasteiger partial charge in [-0.2, -0.15) is 5.26 Å². The smallest absolute Gasteiger partial charge is 0.337 e. The van der Waals surface area contributed by atoms with Crippen molar-refractivity contribution in [2.24, 2.45) is 0 Å². The number of nitriles is 1. The van der Waals surface area contributed by atoms with Crippen molar-refractivity contribution in [3.8, 4) is 23.1 Å². The molecule has 0 fully saturated rings. The second-order valence-corrected chi connectivity index (χ2v) is 6.55. The molecule has 0 atom stereocenters. The molecule has 7 nitrogen and oxygen atoms in total. The molecule has 2 aromatic carbocycles. The Hall–Kier alpha value is -4.31. The number of esters is 1. The lowest BCUT2D eigenvalue weighted by Gasteiger charge is -2.09. The van der Waals surface area contributed by atoms with E-state index in [9.17, 15) is 14.9 Å². The molecule has 1 N–H and O–H groups in total. The number of aryl methyl sites for hydroxylation is 1. The van der Waals surface area contributed by atoms with E-state index in [1.54, 1.807) is 54.6 Å². The van der Waals surface area contributed by atoms with E-state index in [1.807, 2.05) is 13.0 Å². The Morgan fingerprint density at radius 1 is 1.10 bits per heavy atom. The highest BCUT2D eigenvalue weighted by atomic mass is 16.5. The Kier molecular flexibility index (Phi) is 6.53. The SMILES string of the molecule is COC(=O)c1ccc(-c2ccc(/C=C(\C#N)C(=O)Nc3ccccc3OC)o2)c(C)c1. The van der Waals surface area contributed by atoms with Crippen LogP contribution in [0.5, 0.6) is 5.75 Å². The molecular formula is C24H20N2O5. The van der Waals surface area contributed by atoms with Crippen LogP contribution in [0.25, 0.3) is 17.4 Å². The van der Waals surface area contributed by atoms with Gasteiger partial charge in [0.05, 0.1) is 25.5 Å². The third-order valence-electron chi connectivity index (χ3n) is 4.55. The van der Waals surface area contributed by atoms with Gasteiger partial charge in [-0.25, -0.2) is 4.79 Å². The van der Waals surface area contributed by atoms with Crippen molar-refractivity contribution in [3.63, 3.8) is 0 Å². The van der Waals surface area contributed by atoms with Crippen LogP contribution in [-0.4, -0.2) is 26.1 Å². The minimum Gasteiger partial charge on any atom is -0.495 e. The van der Waals surface area contributed by atoms with Gasteiger partial charge < -0.3 is 19.2 Å². The quantitative estimate of drug-likeness (QED) is 0.358. The highest BCUT2D eigenvalue weighted by Crippen LogP contribution is 2.28. The third kappa shape index (κ3) is 4.82. The minimum absolute atomic E-state index is 0.121. The Morgan fingerprint density at radius 2 is 1.87 bits per heavy atom. The lowest BCUT2D eigenvalue weighted by Crippen LogP contribution is -2.14. The van der Waals surface area contributed by atoms with Crippen molar-refractivity contribution in [3.05, 3.63) is 77.1 Å². The summed E-state index contributed by atoms with van der Waals surface area (Å²) in [6.07, 6.45) is 1.37. The Balaban J connectivity index is 1.83. The molecule has 0 aliphatic rings. The second-order valence-electron chi connectivity index (χ2n) is 6.55. The molecule has 1 aromatic heterocycles. The van der Waals surface area contributed by atoms with Crippen molar-refractivity contribution in [1.29, 1.82) is 5.26 Å². The van der Waals surface area contributed by atoms with E-state index < -0.39 is 11.9 Å². The lowest BCUT2D eigenvalue weighted by molar-refractivity contribution is -0.112. The summed E-state index contributed by atoms with van der Waals surface area (Å²) in [6, 6.07) is 17.3. The summed E-state index contributed by atoms with van der Waals surface area (Å²) in [4.78, 5) is 24.2. The van der Waals surface area contributed by atoms with Crippen LogP contribution < -0.4 is 10.1 Å². The van der Waals surface area contributed by atoms with Gasteiger partial charge in [0.1, 0.15) is 28.9 Å². The number of anilines is 1. The maximum absolute atomic E-state index is 12.5. The van der Waals surface area contributed by atoms with Gasteiger partial charge in [0.25, 0.3) is 5.91 Å². The highest BCUT2D eigenvalue weighted by Gasteiger charge is 2.15. The van der Waals surface area contributed by atoms with E-state index >= 15 is 0 Å². The zero-order valence-corrected chi connectivity index (χ0v) is 17.3. The Bertz CT molecular complexity index is 1200. The van der Waals surface area contributed by atoms with Crippen LogP contribution in [0, 0.1) is 18.3 Å². The first-order valence-electron chi connectivity index (χ1n) is 9.32. The maximum Gasteiger partial charge on any atom is 0.337 e. The predicted octanol–water partition coefficient (Wildman–Crippen LogP) is 4.60. The van der Waals surface area contributed by atoms with Crippen molar-refractivity contribution >= 4 is 23.6 Å². The van der Waals surface area contributed by atoms with Gasteiger partial charge in [0.2, 0.25) is 0 Å². The molecule has 7 heteroatoms. The van der Waals surface area contributed by atoms with Gasteiger partial charge >= 0.3 is 5.97 Å². The number of carbonyl (C=O) groups is 2. The van der Waals surface area contributed by atoms with Crippen LogP contribution >= 0.6 is 0 Å². The van der Waals surface area contributed by atoms with Crippen LogP contribution in [0.2, 0.25) is 0 Å². The second kappa shape index (κ2) is 9.46. The van der Waals surface area contributed by atoms with Crippen LogP contribution in [0.1, 0.15) is 21.7 Å². The average Bonchev–Trinajstić information content (AvgIpc) is 3.25. The van der Waals surface area contributed by atoms with Gasteiger partial charge in [0.15, 0.2) is 0 Å². The van der Waals surface area contributed by atoms with Crippen molar-refractivity contribution in [2.45, 2.75) is 6.92 Å². The first-order valence-corrected chi connectivity index (χ1v) is 9.32. The number of ether oxygens (including phenoxy) is 2. The summed E-state index contributed by atoms with van der Waals surface area (Å²) in [5.41, 5.74) is 2.38. The van der Waals surface area contributed by atoms with Crippen molar-refractivity contribution in [2.75, 3.05) is 19.5 Å². The van der Waals surface area contributed by atoms with E-state index in [4.69, 9.17) is 13.9 Å². The predicted molar refractivity (Wildman–Crippen MR) is 115 cm³/mol. The van der Waals surface area contributed by atoms with E-state index in [0.717, 1.165) is 11.1 Å². The van der Waals surface area contributed by atoms with Crippen LogP contribution in [0.3, 0.4) is 0 Å². The average molecular weight is 416 g/mol. The van der Waals surface area contributed by atoms with E-state index in [0.29, 0.717) is 28.5 Å². The fourth-order valence-corrected chi connectivity index (χ4v) is 2.99. The minimum atomic E-state index is -0.580. The number of nitrogens with one attached hydrogen (secondary N) is 1. The van der Waals surface area contributed by atoms with E-state index in [-0.39, 0.29) is 5.57 Å². The topological polar surface area (TPSA) is 102 Å². The first kappa shape index (κ1) is 21.4. The molecule has 0 aliphatic heterocycles. The lowest BCUT2D eigenvalue weighted by atomic mass is 10.0. The molecule has 1 amide bonds. The number of benzene rings is 2. The Morgan fingerprint density at radius 3 is 2.55 bits per heavy atom. The largest absolute Gasteiger partial charge is 0.495 e. The molecule has 0 unspecified atom stereocenters. The number of nitrogens with zero attached hydrogens (tertiary/aromatic N) is 1. The molecule has 0 spiro atoms. The number of methoxy groups -OCH3 is 2. The molecule has 1 heterocycles. The van der Waals surface area contributed by atoms with Gasteiger partial charge in [-0.1, -0.05) is 18.2 Å². The summed E-state index contributed by atoms with van der Waals surface area (Å²) in [7, 11) is 2.82. The van der Waals surface area contributed by atoms with Crippen LogP contribution in [0.15, 0.2) is 64.6 Å². The monoisotopic (exact) mass is 416 g/mol. The van der Waals surface area contributed by atoms with Crippen molar-refractivity contribution in [1.82, 2.24) is 0 Å². The van der Waals surface area contributed by atoms with Gasteiger partial charge in [0, 0.05) is 11.6 Å². The molecule has 0 bridgehead atoms. The standard InChI is InChI=1S/C24H20N2O5/c1-15-12-16(24(28)30-3)8-10-19(15)21-11-9-18(31-21)13-17(14-25)23(27)26-20-6-4-5-7-22(20)29-2/h4-13H,1-3H3,(H,26,27)/b17-13+. The van der Waals surface area contributed by atoms with Gasteiger partial charge in [-0.05, 0) is 48.9 Å². The van der Waals surface area contributed by atoms with Gasteiger partial charge in [-0.3, -0.25) is 4.79 Å². The third-order valence-corrected chi connectivity index (χ3v) is 4.55. The first-order chi connectivity index (χ1) is 15.0. The van der Waals surface area contributed by atoms with Gasteiger partial charge in [-0.15, -0.1) is 0 Å². The number of furan rings is 1. The number of para-hydroxylation sites is 2. The Labute approximate surface area is 179 Å². The molecule has 156 valence electrons. The zero-order chi connectivity index (χ0) is 22.4. The molecule has 0 radical (unpaired) electrons. The van der Waals surface area contributed by atoms with E-state index in [1.165, 1.54) is 20.3 Å². The molecule has 3 aromatic rings. The van der Waals surface area contributed by atoms with Crippen LogP contribution in [-0.2, 0) is 9.53 Å². The van der Waals surface area contributed by atoms with E-state index in [2.05, 4.69) is 5.32 Å². The fourth-order valence-electron chi connectivity index (χ4n) is 2.99. The number of rotatable bonds is 6. The highest BCUT2D eigenvalue weighted by molar-refractivity contribution is 6.10. The molecule has 31 heavy (non-hydrogen) atoms. The fraction of sp³-hybridized carbons (Fsp3) is 0.125. The molecule has 0 saturated carbocycles. The molecule has 0 aliphatic carbocycles. The zero-order valence-electron chi connectivity index (χ0n) is 17.3. The normalized spacial score (nSPS) is 10.8. The summed E-state index contributed by atoms with van der Waals surface area (Å²) in [6.45, 7) is 1.85. The number of carbonyl (C=O) groups excluding carboxylic acids is 2. The summed E-state index contributed by atoms with van der Waals surface area (Å²) < 4.78 is 15.7.